The second-order valence-corrected chi connectivity index (χ2v) is 4.56. The zero-order valence-corrected chi connectivity index (χ0v) is 8.29. The van der Waals surface area contributed by atoms with Gasteiger partial charge in [-0.25, -0.2) is 0 Å². The molecule has 1 saturated heterocycles. The molecule has 2 rings (SSSR count). The Morgan fingerprint density at radius 2 is 2.38 bits per heavy atom. The fraction of sp³-hybridized carbons (Fsp3) is 0.800. The monoisotopic (exact) mass is 184 g/mol. The topological polar surface area (TPSA) is 33.9 Å². The second kappa shape index (κ2) is 3.08. The molecule has 3 atom stereocenters. The molecule has 0 aromatic heterocycles. The smallest absolute Gasteiger partial charge is 0.138 e. The normalized spacial score (nSPS) is 43.1. The first-order chi connectivity index (χ1) is 6.10. The molecule has 2 aliphatic heterocycles. The van der Waals surface area contributed by atoms with Gasteiger partial charge in [0.2, 0.25) is 0 Å². The van der Waals surface area contributed by atoms with Crippen molar-refractivity contribution in [2.45, 2.75) is 30.7 Å². The van der Waals surface area contributed by atoms with E-state index < -0.39 is 0 Å². The van der Waals surface area contributed by atoms with Crippen LogP contribution in [0.3, 0.4) is 0 Å². The van der Waals surface area contributed by atoms with Crippen molar-refractivity contribution in [3.05, 3.63) is 12.2 Å². The molecule has 0 unspecified atom stereocenters. The number of aliphatic hydroxyl groups excluding tert-OH is 1. The summed E-state index contributed by atoms with van der Waals surface area (Å²) in [6.45, 7) is 0.942. The fourth-order valence-electron chi connectivity index (χ4n) is 2.43. The van der Waals surface area contributed by atoms with E-state index in [2.05, 4.69) is 26.2 Å². The van der Waals surface area contributed by atoms with Crippen molar-refractivity contribution in [2.75, 3.05) is 20.6 Å². The van der Waals surface area contributed by atoms with Gasteiger partial charge >= 0.3 is 0 Å². The molecule has 2 aliphatic rings. The van der Waals surface area contributed by atoms with Gasteiger partial charge in [-0.05, 0) is 6.08 Å². The summed E-state index contributed by atoms with van der Waals surface area (Å²) in [6.07, 6.45) is 5.72. The SMILES string of the molecule is C[NH+](C)C[C@@]12C=C[C@H](C[C@@H](O)C1)O2. The van der Waals surface area contributed by atoms with Crippen LogP contribution in [-0.4, -0.2) is 43.6 Å². The Kier molecular flexibility index (Phi) is 2.18. The number of quaternary nitrogens is 1. The van der Waals surface area contributed by atoms with Gasteiger partial charge in [0.05, 0.1) is 26.3 Å². The van der Waals surface area contributed by atoms with Crippen LogP contribution in [0.25, 0.3) is 0 Å². The minimum Gasteiger partial charge on any atom is -0.393 e. The predicted molar refractivity (Wildman–Crippen MR) is 49.7 cm³/mol. The van der Waals surface area contributed by atoms with Gasteiger partial charge in [-0.3, -0.25) is 0 Å². The lowest BCUT2D eigenvalue weighted by Crippen LogP contribution is -3.08. The van der Waals surface area contributed by atoms with Crippen molar-refractivity contribution in [1.29, 1.82) is 0 Å². The highest BCUT2D eigenvalue weighted by molar-refractivity contribution is 5.15. The average Bonchev–Trinajstić information content (AvgIpc) is 2.24. The Morgan fingerprint density at radius 1 is 1.62 bits per heavy atom. The van der Waals surface area contributed by atoms with E-state index in [0.29, 0.717) is 0 Å². The van der Waals surface area contributed by atoms with E-state index in [1.165, 1.54) is 4.90 Å². The molecule has 0 aliphatic carbocycles. The van der Waals surface area contributed by atoms with E-state index in [1.54, 1.807) is 0 Å². The zero-order valence-electron chi connectivity index (χ0n) is 8.29. The molecule has 0 aromatic carbocycles. The number of fused-ring (bicyclic) bond motifs is 2. The molecule has 2 bridgehead atoms. The first kappa shape index (κ1) is 9.19. The molecule has 74 valence electrons. The zero-order chi connectivity index (χ0) is 9.47. The quantitative estimate of drug-likeness (QED) is 0.539. The molecule has 1 fully saturated rings. The Morgan fingerprint density at radius 3 is 3.08 bits per heavy atom. The molecule has 2 N–H and O–H groups in total. The van der Waals surface area contributed by atoms with Crippen LogP contribution in [0.1, 0.15) is 12.8 Å². The minimum atomic E-state index is -0.187. The Balaban J connectivity index is 2.09. The van der Waals surface area contributed by atoms with Crippen LogP contribution in [-0.2, 0) is 4.74 Å². The van der Waals surface area contributed by atoms with Crippen LogP contribution in [0.15, 0.2) is 12.2 Å². The first-order valence-electron chi connectivity index (χ1n) is 4.94. The largest absolute Gasteiger partial charge is 0.393 e. The van der Waals surface area contributed by atoms with Crippen molar-refractivity contribution in [1.82, 2.24) is 0 Å². The molecule has 0 radical (unpaired) electrons. The van der Waals surface area contributed by atoms with Crippen molar-refractivity contribution >= 4 is 0 Å². The van der Waals surface area contributed by atoms with Gasteiger partial charge in [-0.2, -0.15) is 0 Å². The average molecular weight is 184 g/mol. The van der Waals surface area contributed by atoms with E-state index in [-0.39, 0.29) is 17.8 Å². The lowest BCUT2D eigenvalue weighted by Gasteiger charge is -2.36. The van der Waals surface area contributed by atoms with Crippen LogP contribution in [0.2, 0.25) is 0 Å². The molecular formula is C10H18NO2+. The maximum absolute atomic E-state index is 9.64. The van der Waals surface area contributed by atoms with Crippen molar-refractivity contribution in [3.63, 3.8) is 0 Å². The van der Waals surface area contributed by atoms with Gasteiger partial charge in [0, 0.05) is 12.8 Å². The van der Waals surface area contributed by atoms with E-state index in [0.717, 1.165) is 19.4 Å². The summed E-state index contributed by atoms with van der Waals surface area (Å²) in [5.74, 6) is 0. The maximum Gasteiger partial charge on any atom is 0.138 e. The third-order valence-corrected chi connectivity index (χ3v) is 2.74. The molecule has 0 aromatic rings. The van der Waals surface area contributed by atoms with Gasteiger partial charge in [-0.15, -0.1) is 0 Å². The fourth-order valence-corrected chi connectivity index (χ4v) is 2.43. The van der Waals surface area contributed by atoms with Crippen molar-refractivity contribution < 1.29 is 14.7 Å². The summed E-state index contributed by atoms with van der Waals surface area (Å²) < 4.78 is 5.87. The number of aliphatic hydroxyl groups is 1. The van der Waals surface area contributed by atoms with Gasteiger partial charge in [0.25, 0.3) is 0 Å². The summed E-state index contributed by atoms with van der Waals surface area (Å²) in [7, 11) is 4.22. The molecule has 0 amide bonds. The summed E-state index contributed by atoms with van der Waals surface area (Å²) in [6, 6.07) is 0. The molecular weight excluding hydrogens is 166 g/mol. The summed E-state index contributed by atoms with van der Waals surface area (Å²) >= 11 is 0. The first-order valence-corrected chi connectivity index (χ1v) is 4.94. The summed E-state index contributed by atoms with van der Waals surface area (Å²) in [5, 5.41) is 9.64. The van der Waals surface area contributed by atoms with E-state index in [4.69, 9.17) is 4.74 Å². The Labute approximate surface area is 79.0 Å². The van der Waals surface area contributed by atoms with Gasteiger partial charge in [0.1, 0.15) is 12.1 Å². The van der Waals surface area contributed by atoms with Gasteiger partial charge < -0.3 is 14.7 Å². The van der Waals surface area contributed by atoms with Gasteiger partial charge in [-0.1, -0.05) is 6.08 Å². The Hall–Kier alpha value is -0.380. The van der Waals surface area contributed by atoms with Crippen LogP contribution < -0.4 is 4.90 Å². The molecule has 3 heteroatoms. The molecule has 0 saturated carbocycles. The summed E-state index contributed by atoms with van der Waals surface area (Å²) in [4.78, 5) is 1.36. The molecule has 2 heterocycles. The number of rotatable bonds is 2. The molecule has 13 heavy (non-hydrogen) atoms. The predicted octanol–water partition coefficient (Wildman–Crippen LogP) is -1.02. The van der Waals surface area contributed by atoms with Crippen molar-refractivity contribution in [3.8, 4) is 0 Å². The summed E-state index contributed by atoms with van der Waals surface area (Å²) in [5.41, 5.74) is -0.179. The Bertz CT molecular complexity index is 223. The van der Waals surface area contributed by atoms with E-state index in [1.807, 2.05) is 0 Å². The lowest BCUT2D eigenvalue weighted by atomic mass is 9.93. The number of likely N-dealkylation sites (N-methyl/N-ethyl adjacent to an activating group) is 1. The lowest BCUT2D eigenvalue weighted by molar-refractivity contribution is -0.865. The highest BCUT2D eigenvalue weighted by Crippen LogP contribution is 2.35. The number of nitrogens with one attached hydrogen (secondary N) is 1. The number of hydrogen-bond acceptors (Lipinski definition) is 2. The van der Waals surface area contributed by atoms with Crippen LogP contribution in [0.4, 0.5) is 0 Å². The maximum atomic E-state index is 9.64. The van der Waals surface area contributed by atoms with E-state index in [9.17, 15) is 5.11 Å². The standard InChI is InChI=1S/C10H17NO2/c1-11(2)7-10-4-3-9(13-10)5-8(12)6-10/h3-4,8-9,12H,5-7H2,1-2H3/p+1/t8-,9-,10-/m1/s1. The highest BCUT2D eigenvalue weighted by Gasteiger charge is 2.44. The van der Waals surface area contributed by atoms with Crippen LogP contribution in [0.5, 0.6) is 0 Å². The minimum absolute atomic E-state index is 0.156. The van der Waals surface area contributed by atoms with Crippen LogP contribution >= 0.6 is 0 Å². The van der Waals surface area contributed by atoms with Crippen LogP contribution in [0, 0.1) is 0 Å². The third-order valence-electron chi connectivity index (χ3n) is 2.74. The molecule has 0 spiro atoms. The molecule has 3 nitrogen and oxygen atoms in total. The van der Waals surface area contributed by atoms with Gasteiger partial charge in [0.15, 0.2) is 0 Å². The van der Waals surface area contributed by atoms with Crippen molar-refractivity contribution in [2.24, 2.45) is 0 Å². The third kappa shape index (κ3) is 1.77. The number of hydrogen-bond donors (Lipinski definition) is 2. The van der Waals surface area contributed by atoms with E-state index >= 15 is 0 Å². The highest BCUT2D eigenvalue weighted by atomic mass is 16.5. The number of ether oxygens (including phenoxy) is 1. The second-order valence-electron chi connectivity index (χ2n) is 4.56.